The summed E-state index contributed by atoms with van der Waals surface area (Å²) in [6, 6.07) is 1.29. The quantitative estimate of drug-likeness (QED) is 0.559. The third-order valence-corrected chi connectivity index (χ3v) is 2.19. The van der Waals surface area contributed by atoms with Gasteiger partial charge in [-0.2, -0.15) is 13.2 Å². The van der Waals surface area contributed by atoms with Crippen molar-refractivity contribution in [2.24, 2.45) is 0 Å². The topological polar surface area (TPSA) is 121 Å². The molecule has 19 heavy (non-hydrogen) atoms. The third-order valence-electron chi connectivity index (χ3n) is 2.19. The zero-order valence-corrected chi connectivity index (χ0v) is 9.49. The molecule has 2 rings (SSSR count). The average molecular weight is 280 g/mol. The molecule has 1 aromatic rings. The smallest absolute Gasteiger partial charge is 0.475 e. The zero-order chi connectivity index (χ0) is 14.6. The molecule has 0 atom stereocenters. The number of nitrogen functional groups attached to an aromatic ring is 1. The zero-order valence-electron chi connectivity index (χ0n) is 9.49. The standard InChI is InChI=1S/C7H10N4O.C2HF3O2/c8-5-1-6(12)11-7(10-5)4-2-9-3-4;3-2(4,5)1(6)7/h1,4,9H,2-3H2,(H3,8,10,11,12);(H,6,7). The Bertz CT molecular complexity index is 510. The van der Waals surface area contributed by atoms with E-state index in [4.69, 9.17) is 15.6 Å². The van der Waals surface area contributed by atoms with Crippen molar-refractivity contribution in [2.45, 2.75) is 12.1 Å². The second kappa shape index (κ2) is 5.69. The van der Waals surface area contributed by atoms with E-state index in [2.05, 4.69) is 15.3 Å². The lowest BCUT2D eigenvalue weighted by atomic mass is 10.0. The molecule has 0 spiro atoms. The van der Waals surface area contributed by atoms with Gasteiger partial charge in [0.1, 0.15) is 11.6 Å². The van der Waals surface area contributed by atoms with Crippen LogP contribution in [0.25, 0.3) is 0 Å². The SMILES string of the molecule is Nc1cc(=O)[nH]c(C2CNC2)n1.O=C(O)C(F)(F)F. The van der Waals surface area contributed by atoms with E-state index in [1.165, 1.54) is 6.07 Å². The highest BCUT2D eigenvalue weighted by Gasteiger charge is 2.38. The monoisotopic (exact) mass is 280 g/mol. The number of anilines is 1. The molecular formula is C9H11F3N4O3. The van der Waals surface area contributed by atoms with E-state index < -0.39 is 12.1 Å². The molecule has 0 aliphatic carbocycles. The van der Waals surface area contributed by atoms with Gasteiger partial charge in [-0.05, 0) is 0 Å². The van der Waals surface area contributed by atoms with E-state index in [0.29, 0.717) is 17.6 Å². The minimum Gasteiger partial charge on any atom is -0.475 e. The summed E-state index contributed by atoms with van der Waals surface area (Å²) in [6.07, 6.45) is -5.08. The summed E-state index contributed by atoms with van der Waals surface area (Å²) in [5.74, 6) is -1.45. The largest absolute Gasteiger partial charge is 0.490 e. The molecule has 0 radical (unpaired) electrons. The Labute approximate surface area is 104 Å². The van der Waals surface area contributed by atoms with Crippen LogP contribution in [-0.2, 0) is 4.79 Å². The van der Waals surface area contributed by atoms with Crippen molar-refractivity contribution >= 4 is 11.8 Å². The summed E-state index contributed by atoms with van der Waals surface area (Å²) < 4.78 is 31.7. The maximum atomic E-state index is 11.0. The molecule has 0 unspecified atom stereocenters. The Morgan fingerprint density at radius 3 is 2.32 bits per heavy atom. The predicted molar refractivity (Wildman–Crippen MR) is 58.6 cm³/mol. The fraction of sp³-hybridized carbons (Fsp3) is 0.444. The first-order valence-electron chi connectivity index (χ1n) is 5.07. The minimum atomic E-state index is -5.08. The number of hydrogen-bond acceptors (Lipinski definition) is 5. The predicted octanol–water partition coefficient (Wildman–Crippen LogP) is -0.328. The van der Waals surface area contributed by atoms with Gasteiger partial charge in [0.2, 0.25) is 0 Å². The summed E-state index contributed by atoms with van der Waals surface area (Å²) in [5, 5.41) is 10.2. The summed E-state index contributed by atoms with van der Waals surface area (Å²) in [5.41, 5.74) is 5.25. The van der Waals surface area contributed by atoms with Gasteiger partial charge >= 0.3 is 12.1 Å². The molecule has 0 bridgehead atoms. The van der Waals surface area contributed by atoms with Crippen molar-refractivity contribution in [3.05, 3.63) is 22.2 Å². The number of carbonyl (C=O) groups is 1. The summed E-state index contributed by atoms with van der Waals surface area (Å²) in [7, 11) is 0. The molecule has 0 saturated carbocycles. The van der Waals surface area contributed by atoms with Crippen LogP contribution in [0.3, 0.4) is 0 Å². The van der Waals surface area contributed by atoms with E-state index in [1.807, 2.05) is 0 Å². The van der Waals surface area contributed by atoms with Crippen LogP contribution in [0.2, 0.25) is 0 Å². The number of nitrogens with zero attached hydrogens (tertiary/aromatic N) is 1. The number of aromatic nitrogens is 2. The first-order chi connectivity index (χ1) is 8.70. The van der Waals surface area contributed by atoms with Gasteiger partial charge in [0, 0.05) is 25.1 Å². The Balaban J connectivity index is 0.000000224. The van der Waals surface area contributed by atoms with Crippen molar-refractivity contribution in [3.8, 4) is 0 Å². The maximum absolute atomic E-state index is 11.0. The molecule has 2 heterocycles. The number of carboxylic acids is 1. The lowest BCUT2D eigenvalue weighted by Gasteiger charge is -2.25. The van der Waals surface area contributed by atoms with Crippen LogP contribution in [-0.4, -0.2) is 40.3 Å². The number of carboxylic acid groups (broad SMARTS) is 1. The molecule has 0 aromatic carbocycles. The van der Waals surface area contributed by atoms with Gasteiger partial charge in [0.05, 0.1) is 0 Å². The Morgan fingerprint density at radius 1 is 1.47 bits per heavy atom. The highest BCUT2D eigenvalue weighted by atomic mass is 19.4. The number of H-pyrrole nitrogens is 1. The first kappa shape index (κ1) is 15.0. The second-order valence-electron chi connectivity index (χ2n) is 3.71. The molecule has 5 N–H and O–H groups in total. The van der Waals surface area contributed by atoms with Gasteiger partial charge in [0.15, 0.2) is 0 Å². The summed E-state index contributed by atoms with van der Waals surface area (Å²) >= 11 is 0. The van der Waals surface area contributed by atoms with E-state index in [9.17, 15) is 18.0 Å². The van der Waals surface area contributed by atoms with Crippen LogP contribution >= 0.6 is 0 Å². The fourth-order valence-corrected chi connectivity index (χ4v) is 1.17. The first-order valence-corrected chi connectivity index (χ1v) is 5.07. The molecule has 10 heteroatoms. The van der Waals surface area contributed by atoms with E-state index in [1.54, 1.807) is 0 Å². The number of nitrogens with one attached hydrogen (secondary N) is 2. The lowest BCUT2D eigenvalue weighted by molar-refractivity contribution is -0.192. The highest BCUT2D eigenvalue weighted by Crippen LogP contribution is 2.14. The van der Waals surface area contributed by atoms with Gasteiger partial charge in [0.25, 0.3) is 5.56 Å². The van der Waals surface area contributed by atoms with Crippen molar-refractivity contribution < 1.29 is 23.1 Å². The minimum absolute atomic E-state index is 0.176. The highest BCUT2D eigenvalue weighted by molar-refractivity contribution is 5.73. The van der Waals surface area contributed by atoms with Crippen LogP contribution in [0.4, 0.5) is 19.0 Å². The van der Waals surface area contributed by atoms with Crippen LogP contribution in [0.15, 0.2) is 10.9 Å². The number of alkyl halides is 3. The molecule has 0 amide bonds. The third kappa shape index (κ3) is 4.58. The van der Waals surface area contributed by atoms with Crippen LogP contribution in [0.5, 0.6) is 0 Å². The normalized spacial score (nSPS) is 15.1. The Kier molecular flexibility index (Phi) is 4.48. The Morgan fingerprint density at radius 2 is 2.00 bits per heavy atom. The average Bonchev–Trinajstić information content (AvgIpc) is 2.11. The molecule has 1 aliphatic rings. The van der Waals surface area contributed by atoms with Gasteiger partial charge in [-0.1, -0.05) is 0 Å². The number of aromatic amines is 1. The molecule has 1 saturated heterocycles. The van der Waals surface area contributed by atoms with Gasteiger partial charge < -0.3 is 21.1 Å². The number of hydrogen-bond donors (Lipinski definition) is 4. The number of nitrogens with two attached hydrogens (primary N) is 1. The number of aliphatic carboxylic acids is 1. The number of rotatable bonds is 1. The van der Waals surface area contributed by atoms with E-state index in [0.717, 1.165) is 13.1 Å². The van der Waals surface area contributed by atoms with Crippen molar-refractivity contribution in [1.29, 1.82) is 0 Å². The Hall–Kier alpha value is -2.10. The molecule has 7 nitrogen and oxygen atoms in total. The van der Waals surface area contributed by atoms with Crippen molar-refractivity contribution in [3.63, 3.8) is 0 Å². The van der Waals surface area contributed by atoms with Crippen LogP contribution in [0, 0.1) is 0 Å². The van der Waals surface area contributed by atoms with Gasteiger partial charge in [-0.25, -0.2) is 9.78 Å². The van der Waals surface area contributed by atoms with Crippen molar-refractivity contribution in [1.82, 2.24) is 15.3 Å². The van der Waals surface area contributed by atoms with Crippen LogP contribution < -0.4 is 16.6 Å². The van der Waals surface area contributed by atoms with Gasteiger partial charge in [-0.3, -0.25) is 4.79 Å². The summed E-state index contributed by atoms with van der Waals surface area (Å²) in [4.78, 5) is 26.6. The molecule has 1 aliphatic heterocycles. The molecule has 106 valence electrons. The second-order valence-corrected chi connectivity index (χ2v) is 3.71. The molecular weight excluding hydrogens is 269 g/mol. The fourth-order valence-electron chi connectivity index (χ4n) is 1.17. The van der Waals surface area contributed by atoms with Crippen LogP contribution in [0.1, 0.15) is 11.7 Å². The number of halogens is 3. The summed E-state index contributed by atoms with van der Waals surface area (Å²) in [6.45, 7) is 1.73. The van der Waals surface area contributed by atoms with E-state index >= 15 is 0 Å². The molecule has 1 fully saturated rings. The lowest BCUT2D eigenvalue weighted by Crippen LogP contribution is -2.41. The van der Waals surface area contributed by atoms with Crippen molar-refractivity contribution in [2.75, 3.05) is 18.8 Å². The van der Waals surface area contributed by atoms with Gasteiger partial charge in [-0.15, -0.1) is 0 Å². The molecule has 1 aromatic heterocycles. The maximum Gasteiger partial charge on any atom is 0.490 e. The van der Waals surface area contributed by atoms with E-state index in [-0.39, 0.29) is 5.56 Å².